The molecule has 1 heterocycles. The van der Waals surface area contributed by atoms with Gasteiger partial charge in [0.05, 0.1) is 11.0 Å². The molecule has 96 valence electrons. The van der Waals surface area contributed by atoms with Gasteiger partial charge in [0.1, 0.15) is 0 Å². The number of hydrogen-bond acceptors (Lipinski definition) is 3. The van der Waals surface area contributed by atoms with Crippen LogP contribution in [0, 0.1) is 5.92 Å². The lowest BCUT2D eigenvalue weighted by Gasteiger charge is -2.22. The van der Waals surface area contributed by atoms with E-state index in [2.05, 4.69) is 22.9 Å². The van der Waals surface area contributed by atoms with E-state index in [0.717, 1.165) is 18.2 Å². The smallest absolute Gasteiger partial charge is 0.153 e. The molecule has 1 fully saturated rings. The van der Waals surface area contributed by atoms with Crippen molar-refractivity contribution in [3.63, 3.8) is 0 Å². The summed E-state index contributed by atoms with van der Waals surface area (Å²) in [5.41, 5.74) is 0. The SMILES string of the molecule is CC(CCBr)CCS(=O)(=O)C1CCOCC1. The van der Waals surface area contributed by atoms with Crippen LogP contribution in [0.4, 0.5) is 0 Å². The first-order chi connectivity index (χ1) is 7.56. The van der Waals surface area contributed by atoms with Crippen LogP contribution in [-0.2, 0) is 14.6 Å². The van der Waals surface area contributed by atoms with Crippen LogP contribution in [0.25, 0.3) is 0 Å². The Hall–Kier alpha value is 0.390. The third kappa shape index (κ3) is 4.72. The Balaban J connectivity index is 2.38. The first kappa shape index (κ1) is 14.5. The third-order valence-corrected chi connectivity index (χ3v) is 5.92. The summed E-state index contributed by atoms with van der Waals surface area (Å²) in [6.07, 6.45) is 3.18. The molecule has 0 bridgehead atoms. The maximum atomic E-state index is 12.0. The van der Waals surface area contributed by atoms with Gasteiger partial charge in [-0.2, -0.15) is 0 Å². The predicted octanol–water partition coefficient (Wildman–Crippen LogP) is 2.39. The summed E-state index contributed by atoms with van der Waals surface area (Å²) in [4.78, 5) is 0. The van der Waals surface area contributed by atoms with Gasteiger partial charge in [0, 0.05) is 18.5 Å². The van der Waals surface area contributed by atoms with Crippen molar-refractivity contribution in [2.75, 3.05) is 24.3 Å². The molecule has 3 nitrogen and oxygen atoms in total. The third-order valence-electron chi connectivity index (χ3n) is 3.17. The van der Waals surface area contributed by atoms with Crippen LogP contribution in [-0.4, -0.2) is 38.0 Å². The highest BCUT2D eigenvalue weighted by molar-refractivity contribution is 9.09. The minimum atomic E-state index is -2.89. The van der Waals surface area contributed by atoms with Crippen LogP contribution >= 0.6 is 15.9 Å². The molecule has 5 heteroatoms. The highest BCUT2D eigenvalue weighted by atomic mass is 79.9. The number of ether oxygens (including phenoxy) is 1. The number of halogens is 1. The summed E-state index contributed by atoms with van der Waals surface area (Å²) >= 11 is 3.38. The lowest BCUT2D eigenvalue weighted by Crippen LogP contribution is -2.31. The van der Waals surface area contributed by atoms with E-state index in [1.807, 2.05) is 0 Å². The molecule has 0 N–H and O–H groups in total. The molecule has 0 amide bonds. The molecule has 0 spiro atoms. The zero-order valence-corrected chi connectivity index (χ0v) is 12.2. The Bertz CT molecular complexity index is 284. The van der Waals surface area contributed by atoms with Gasteiger partial charge in [-0.15, -0.1) is 0 Å². The first-order valence-corrected chi connectivity index (χ1v) is 8.75. The van der Waals surface area contributed by atoms with E-state index in [9.17, 15) is 8.42 Å². The number of alkyl halides is 1. The zero-order chi connectivity index (χ0) is 12.0. The number of rotatable bonds is 6. The average molecular weight is 313 g/mol. The van der Waals surface area contributed by atoms with Crippen LogP contribution in [0.2, 0.25) is 0 Å². The molecular formula is C11H21BrO3S. The minimum absolute atomic E-state index is 0.155. The standard InChI is InChI=1S/C11H21BrO3S/c1-10(2-6-12)5-9-16(13,14)11-3-7-15-8-4-11/h10-11H,2-9H2,1H3. The van der Waals surface area contributed by atoms with Crippen LogP contribution in [0.3, 0.4) is 0 Å². The molecule has 0 aromatic rings. The van der Waals surface area contributed by atoms with Gasteiger partial charge in [-0.05, 0) is 31.6 Å². The van der Waals surface area contributed by atoms with Crippen molar-refractivity contribution >= 4 is 25.8 Å². The monoisotopic (exact) mass is 312 g/mol. The molecule has 1 aliphatic rings. The fourth-order valence-corrected chi connectivity index (χ4v) is 4.65. The molecule has 0 aliphatic carbocycles. The van der Waals surface area contributed by atoms with Crippen LogP contribution in [0.1, 0.15) is 32.6 Å². The Morgan fingerprint density at radius 2 is 1.94 bits per heavy atom. The van der Waals surface area contributed by atoms with E-state index >= 15 is 0 Å². The second-order valence-corrected chi connectivity index (χ2v) is 7.74. The van der Waals surface area contributed by atoms with E-state index in [4.69, 9.17) is 4.74 Å². The van der Waals surface area contributed by atoms with Crippen molar-refractivity contribution in [2.24, 2.45) is 5.92 Å². The lowest BCUT2D eigenvalue weighted by molar-refractivity contribution is 0.0983. The fraction of sp³-hybridized carbons (Fsp3) is 1.00. The second kappa shape index (κ2) is 6.97. The van der Waals surface area contributed by atoms with Crippen molar-refractivity contribution in [1.29, 1.82) is 0 Å². The Labute approximate surface area is 107 Å². The Kier molecular flexibility index (Phi) is 6.29. The normalized spacial score (nSPS) is 20.9. The summed E-state index contributed by atoms with van der Waals surface area (Å²) in [5.74, 6) is 0.820. The average Bonchev–Trinajstić information content (AvgIpc) is 2.28. The van der Waals surface area contributed by atoms with Crippen molar-refractivity contribution in [3.8, 4) is 0 Å². The Morgan fingerprint density at radius 1 is 1.31 bits per heavy atom. The maximum absolute atomic E-state index is 12.0. The highest BCUT2D eigenvalue weighted by Gasteiger charge is 2.27. The number of hydrogen-bond donors (Lipinski definition) is 0. The second-order valence-electron chi connectivity index (χ2n) is 4.55. The topological polar surface area (TPSA) is 43.4 Å². The van der Waals surface area contributed by atoms with E-state index in [-0.39, 0.29) is 5.25 Å². The summed E-state index contributed by atoms with van der Waals surface area (Å²) in [6.45, 7) is 3.31. The summed E-state index contributed by atoms with van der Waals surface area (Å²) in [7, 11) is -2.89. The largest absolute Gasteiger partial charge is 0.381 e. The molecule has 1 unspecified atom stereocenters. The molecule has 0 aromatic heterocycles. The van der Waals surface area contributed by atoms with Crippen LogP contribution in [0.15, 0.2) is 0 Å². The van der Waals surface area contributed by atoms with Crippen molar-refractivity contribution in [3.05, 3.63) is 0 Å². The fourth-order valence-electron chi connectivity index (χ4n) is 1.90. The van der Waals surface area contributed by atoms with Gasteiger partial charge in [0.2, 0.25) is 0 Å². The van der Waals surface area contributed by atoms with Gasteiger partial charge < -0.3 is 4.74 Å². The highest BCUT2D eigenvalue weighted by Crippen LogP contribution is 2.19. The molecule has 1 aliphatic heterocycles. The van der Waals surface area contributed by atoms with Gasteiger partial charge in [0.15, 0.2) is 9.84 Å². The first-order valence-electron chi connectivity index (χ1n) is 5.91. The van der Waals surface area contributed by atoms with Gasteiger partial charge in [-0.1, -0.05) is 22.9 Å². The van der Waals surface area contributed by atoms with E-state index < -0.39 is 9.84 Å². The van der Waals surface area contributed by atoms with E-state index in [1.54, 1.807) is 0 Å². The molecule has 1 rings (SSSR count). The predicted molar refractivity (Wildman–Crippen MR) is 69.8 cm³/mol. The van der Waals surface area contributed by atoms with E-state index in [1.165, 1.54) is 0 Å². The maximum Gasteiger partial charge on any atom is 0.153 e. The summed E-state index contributed by atoms with van der Waals surface area (Å²) in [6, 6.07) is 0. The molecular weight excluding hydrogens is 292 g/mol. The van der Waals surface area contributed by atoms with Gasteiger partial charge in [0.25, 0.3) is 0 Å². The molecule has 0 radical (unpaired) electrons. The van der Waals surface area contributed by atoms with Gasteiger partial charge in [-0.3, -0.25) is 0 Å². The van der Waals surface area contributed by atoms with Crippen molar-refractivity contribution < 1.29 is 13.2 Å². The van der Waals surface area contributed by atoms with Crippen LogP contribution in [0.5, 0.6) is 0 Å². The van der Waals surface area contributed by atoms with Crippen molar-refractivity contribution in [1.82, 2.24) is 0 Å². The Morgan fingerprint density at radius 3 is 2.50 bits per heavy atom. The van der Waals surface area contributed by atoms with Crippen molar-refractivity contribution in [2.45, 2.75) is 37.9 Å². The van der Waals surface area contributed by atoms with E-state index in [0.29, 0.717) is 37.7 Å². The quantitative estimate of drug-likeness (QED) is 0.707. The molecule has 0 aromatic carbocycles. The summed E-state index contributed by atoms with van der Waals surface area (Å²) in [5, 5.41) is 0.795. The number of sulfone groups is 1. The minimum Gasteiger partial charge on any atom is -0.381 e. The molecule has 0 saturated carbocycles. The molecule has 16 heavy (non-hydrogen) atoms. The molecule has 1 atom stereocenters. The van der Waals surface area contributed by atoms with Gasteiger partial charge in [-0.25, -0.2) is 8.42 Å². The lowest BCUT2D eigenvalue weighted by atomic mass is 10.1. The zero-order valence-electron chi connectivity index (χ0n) is 9.82. The van der Waals surface area contributed by atoms with Gasteiger partial charge >= 0.3 is 0 Å². The van der Waals surface area contributed by atoms with Crippen LogP contribution < -0.4 is 0 Å². The summed E-state index contributed by atoms with van der Waals surface area (Å²) < 4.78 is 29.2. The molecule has 1 saturated heterocycles.